The van der Waals surface area contributed by atoms with Gasteiger partial charge in [0.1, 0.15) is 11.4 Å². The number of likely N-dealkylation sites (N-methyl/N-ethyl adjacent to an activating group) is 1. The fraction of sp³-hybridized carbons (Fsp3) is 0.625. The van der Waals surface area contributed by atoms with Gasteiger partial charge in [-0.2, -0.15) is 0 Å². The van der Waals surface area contributed by atoms with Crippen molar-refractivity contribution in [3.63, 3.8) is 0 Å². The van der Waals surface area contributed by atoms with Gasteiger partial charge in [-0.3, -0.25) is 0 Å². The Bertz CT molecular complexity index is 510. The van der Waals surface area contributed by atoms with Crippen molar-refractivity contribution in [2.24, 2.45) is 0 Å². The highest BCUT2D eigenvalue weighted by atomic mass is 16.6. The number of anilines is 1. The van der Waals surface area contributed by atoms with E-state index in [-0.39, 0.29) is 12.1 Å². The van der Waals surface area contributed by atoms with E-state index in [1.807, 2.05) is 40.1 Å². The van der Waals surface area contributed by atoms with E-state index in [1.54, 1.807) is 4.90 Å². The predicted molar refractivity (Wildman–Crippen MR) is 83.6 cm³/mol. The molecule has 2 rings (SSSR count). The van der Waals surface area contributed by atoms with Crippen molar-refractivity contribution in [2.75, 3.05) is 25.0 Å². The Morgan fingerprint density at radius 2 is 2.19 bits per heavy atom. The highest BCUT2D eigenvalue weighted by molar-refractivity contribution is 5.68. The zero-order valence-corrected chi connectivity index (χ0v) is 13.6. The van der Waals surface area contributed by atoms with E-state index in [1.165, 1.54) is 5.56 Å². The van der Waals surface area contributed by atoms with E-state index in [9.17, 15) is 4.79 Å². The van der Waals surface area contributed by atoms with Crippen LogP contribution in [0.4, 0.5) is 10.6 Å². The number of carbonyl (C=O) groups is 1. The van der Waals surface area contributed by atoms with E-state index < -0.39 is 5.60 Å². The topological polar surface area (TPSA) is 45.7 Å². The zero-order valence-electron chi connectivity index (χ0n) is 13.6. The highest BCUT2D eigenvalue weighted by Gasteiger charge is 2.32. The number of hydrogen-bond acceptors (Lipinski definition) is 4. The highest BCUT2D eigenvalue weighted by Crippen LogP contribution is 2.22. The van der Waals surface area contributed by atoms with Crippen LogP contribution in [0.15, 0.2) is 18.3 Å². The summed E-state index contributed by atoms with van der Waals surface area (Å²) < 4.78 is 5.43. The molecule has 1 aliphatic rings. The van der Waals surface area contributed by atoms with Crippen molar-refractivity contribution < 1.29 is 9.53 Å². The molecule has 1 aliphatic heterocycles. The van der Waals surface area contributed by atoms with Crippen molar-refractivity contribution in [3.05, 3.63) is 23.9 Å². The van der Waals surface area contributed by atoms with Gasteiger partial charge >= 0.3 is 6.09 Å². The molecule has 1 fully saturated rings. The standard InChI is InChI=1S/C16H25N3O2/c1-12-6-8-17-14(10-12)18(5)13-7-9-19(11-13)15(20)21-16(2,3)4/h6,8,10,13H,7,9,11H2,1-5H3. The van der Waals surface area contributed by atoms with Crippen molar-refractivity contribution in [1.82, 2.24) is 9.88 Å². The number of nitrogens with zero attached hydrogens (tertiary/aromatic N) is 3. The molecule has 0 aromatic carbocycles. The van der Waals surface area contributed by atoms with Crippen molar-refractivity contribution in [2.45, 2.75) is 45.8 Å². The van der Waals surface area contributed by atoms with Crippen LogP contribution in [0.25, 0.3) is 0 Å². The van der Waals surface area contributed by atoms with E-state index in [0.29, 0.717) is 6.54 Å². The summed E-state index contributed by atoms with van der Waals surface area (Å²) in [5.74, 6) is 0.950. The first kappa shape index (κ1) is 15.6. The molecule has 5 heteroatoms. The summed E-state index contributed by atoms with van der Waals surface area (Å²) in [7, 11) is 2.03. The van der Waals surface area contributed by atoms with Crippen molar-refractivity contribution >= 4 is 11.9 Å². The number of rotatable bonds is 2. The van der Waals surface area contributed by atoms with Crippen LogP contribution in [-0.2, 0) is 4.74 Å². The van der Waals surface area contributed by atoms with Gasteiger partial charge in [-0.25, -0.2) is 9.78 Å². The monoisotopic (exact) mass is 291 g/mol. The third kappa shape index (κ3) is 4.09. The summed E-state index contributed by atoms with van der Waals surface area (Å²) in [6, 6.07) is 4.33. The Labute approximate surface area is 126 Å². The molecule has 0 saturated carbocycles. The number of amides is 1. The average molecular weight is 291 g/mol. The second-order valence-corrected chi connectivity index (χ2v) is 6.67. The lowest BCUT2D eigenvalue weighted by Gasteiger charge is -2.27. The molecular weight excluding hydrogens is 266 g/mol. The first-order valence-corrected chi connectivity index (χ1v) is 7.40. The van der Waals surface area contributed by atoms with Crippen LogP contribution in [0.5, 0.6) is 0 Å². The molecule has 2 heterocycles. The molecular formula is C16H25N3O2. The predicted octanol–water partition coefficient (Wildman–Crippen LogP) is 2.84. The molecule has 116 valence electrons. The second kappa shape index (κ2) is 5.92. The van der Waals surface area contributed by atoms with Gasteiger partial charge in [0.05, 0.1) is 0 Å². The first-order chi connectivity index (χ1) is 9.76. The number of ether oxygens (including phenoxy) is 1. The fourth-order valence-corrected chi connectivity index (χ4v) is 2.45. The van der Waals surface area contributed by atoms with Gasteiger partial charge in [-0.05, 0) is 51.8 Å². The van der Waals surface area contributed by atoms with Gasteiger partial charge in [0, 0.05) is 32.4 Å². The largest absolute Gasteiger partial charge is 0.444 e. The van der Waals surface area contributed by atoms with Gasteiger partial charge in [0.25, 0.3) is 0 Å². The number of aryl methyl sites for hydroxylation is 1. The van der Waals surface area contributed by atoms with Gasteiger partial charge in [0.15, 0.2) is 0 Å². The Kier molecular flexibility index (Phi) is 4.40. The van der Waals surface area contributed by atoms with Crippen LogP contribution < -0.4 is 4.90 Å². The fourth-order valence-electron chi connectivity index (χ4n) is 2.45. The lowest BCUT2D eigenvalue weighted by Crippen LogP contribution is -2.39. The van der Waals surface area contributed by atoms with Gasteiger partial charge in [-0.1, -0.05) is 0 Å². The van der Waals surface area contributed by atoms with Crippen LogP contribution in [0.1, 0.15) is 32.8 Å². The van der Waals surface area contributed by atoms with E-state index in [2.05, 4.69) is 22.9 Å². The maximum absolute atomic E-state index is 12.1. The van der Waals surface area contributed by atoms with Gasteiger partial charge in [-0.15, -0.1) is 0 Å². The molecule has 0 radical (unpaired) electrons. The molecule has 1 atom stereocenters. The minimum atomic E-state index is -0.445. The van der Waals surface area contributed by atoms with Crippen LogP contribution >= 0.6 is 0 Å². The summed E-state index contributed by atoms with van der Waals surface area (Å²) in [5.41, 5.74) is 0.743. The smallest absolute Gasteiger partial charge is 0.410 e. The van der Waals surface area contributed by atoms with Crippen molar-refractivity contribution in [3.8, 4) is 0 Å². The summed E-state index contributed by atoms with van der Waals surface area (Å²) in [4.78, 5) is 20.4. The summed E-state index contributed by atoms with van der Waals surface area (Å²) in [6.07, 6.45) is 2.53. The number of hydrogen-bond donors (Lipinski definition) is 0. The third-order valence-electron chi connectivity index (χ3n) is 3.63. The maximum Gasteiger partial charge on any atom is 0.410 e. The molecule has 1 aromatic rings. The Balaban J connectivity index is 1.97. The minimum Gasteiger partial charge on any atom is -0.444 e. The number of carbonyl (C=O) groups excluding carboxylic acids is 1. The number of likely N-dealkylation sites (tertiary alicyclic amines) is 1. The lowest BCUT2D eigenvalue weighted by atomic mass is 10.2. The second-order valence-electron chi connectivity index (χ2n) is 6.67. The summed E-state index contributed by atoms with van der Waals surface area (Å²) in [5, 5.41) is 0. The lowest BCUT2D eigenvalue weighted by molar-refractivity contribution is 0.0292. The normalized spacial score (nSPS) is 18.7. The quantitative estimate of drug-likeness (QED) is 0.840. The number of pyridine rings is 1. The Hall–Kier alpha value is -1.78. The van der Waals surface area contributed by atoms with E-state index in [4.69, 9.17) is 4.74 Å². The zero-order chi connectivity index (χ0) is 15.6. The summed E-state index contributed by atoms with van der Waals surface area (Å²) in [6.45, 7) is 9.14. The summed E-state index contributed by atoms with van der Waals surface area (Å²) >= 11 is 0. The molecule has 1 amide bonds. The van der Waals surface area contributed by atoms with Crippen molar-refractivity contribution in [1.29, 1.82) is 0 Å². The molecule has 0 bridgehead atoms. The van der Waals surface area contributed by atoms with Gasteiger partial charge < -0.3 is 14.5 Å². The van der Waals surface area contributed by atoms with Gasteiger partial charge in [0.2, 0.25) is 0 Å². The van der Waals surface area contributed by atoms with Crippen LogP contribution in [0.2, 0.25) is 0 Å². The molecule has 21 heavy (non-hydrogen) atoms. The number of aromatic nitrogens is 1. The van der Waals surface area contributed by atoms with Crippen LogP contribution in [0, 0.1) is 6.92 Å². The molecule has 1 aromatic heterocycles. The third-order valence-corrected chi connectivity index (χ3v) is 3.63. The van der Waals surface area contributed by atoms with E-state index >= 15 is 0 Å². The van der Waals surface area contributed by atoms with E-state index in [0.717, 1.165) is 18.8 Å². The minimum absolute atomic E-state index is 0.226. The Morgan fingerprint density at radius 1 is 1.48 bits per heavy atom. The molecule has 5 nitrogen and oxygen atoms in total. The molecule has 0 aliphatic carbocycles. The molecule has 0 spiro atoms. The first-order valence-electron chi connectivity index (χ1n) is 7.40. The molecule has 1 saturated heterocycles. The van der Waals surface area contributed by atoms with Crippen LogP contribution in [-0.4, -0.2) is 47.8 Å². The van der Waals surface area contributed by atoms with Crippen LogP contribution in [0.3, 0.4) is 0 Å². The average Bonchev–Trinajstić information content (AvgIpc) is 2.85. The Morgan fingerprint density at radius 3 is 2.81 bits per heavy atom. The maximum atomic E-state index is 12.1. The molecule has 1 unspecified atom stereocenters. The molecule has 0 N–H and O–H groups in total. The SMILES string of the molecule is Cc1ccnc(N(C)C2CCN(C(=O)OC(C)(C)C)C2)c1.